The van der Waals surface area contributed by atoms with Crippen LogP contribution >= 0.6 is 0 Å². The summed E-state index contributed by atoms with van der Waals surface area (Å²) in [5.74, 6) is -0.250. The van der Waals surface area contributed by atoms with E-state index in [1.54, 1.807) is 7.11 Å². The molecule has 116 valence electrons. The highest BCUT2D eigenvalue weighted by atomic mass is 16.5. The highest BCUT2D eigenvalue weighted by Gasteiger charge is 2.15. The van der Waals surface area contributed by atoms with E-state index in [2.05, 4.69) is 5.32 Å². The zero-order valence-corrected chi connectivity index (χ0v) is 12.6. The van der Waals surface area contributed by atoms with Crippen molar-refractivity contribution < 1.29 is 19.4 Å². The Bertz CT molecular complexity index is 473. The summed E-state index contributed by atoms with van der Waals surface area (Å²) in [6.45, 7) is 1.97. The van der Waals surface area contributed by atoms with Gasteiger partial charge in [-0.3, -0.25) is 9.59 Å². The lowest BCUT2D eigenvalue weighted by atomic mass is 10.1. The zero-order valence-electron chi connectivity index (χ0n) is 12.6. The fraction of sp³-hybridized carbons (Fsp3) is 0.500. The molecule has 0 aliphatic rings. The second-order valence-electron chi connectivity index (χ2n) is 4.96. The van der Waals surface area contributed by atoms with Crippen molar-refractivity contribution in [2.75, 3.05) is 7.11 Å². The molecular formula is C16H23NO4. The van der Waals surface area contributed by atoms with Gasteiger partial charge in [-0.1, -0.05) is 31.5 Å². The first kappa shape index (κ1) is 17.0. The van der Waals surface area contributed by atoms with E-state index in [0.29, 0.717) is 19.3 Å². The Balaban J connectivity index is 2.50. The van der Waals surface area contributed by atoms with Crippen LogP contribution in [0.1, 0.15) is 38.2 Å². The Morgan fingerprint density at radius 2 is 2.05 bits per heavy atom. The number of aryl methyl sites for hydroxylation is 1. The lowest BCUT2D eigenvalue weighted by molar-refractivity contribution is -0.137. The normalized spacial score (nSPS) is 11.7. The number of carboxylic acid groups (broad SMARTS) is 1. The van der Waals surface area contributed by atoms with Crippen LogP contribution in [0.3, 0.4) is 0 Å². The molecule has 0 aliphatic carbocycles. The van der Waals surface area contributed by atoms with Crippen molar-refractivity contribution in [1.82, 2.24) is 5.32 Å². The third kappa shape index (κ3) is 6.29. The van der Waals surface area contributed by atoms with Gasteiger partial charge in [0.2, 0.25) is 5.91 Å². The Morgan fingerprint density at radius 1 is 1.33 bits per heavy atom. The average molecular weight is 293 g/mol. The Morgan fingerprint density at radius 3 is 2.67 bits per heavy atom. The Labute approximate surface area is 125 Å². The molecule has 0 aromatic heterocycles. The van der Waals surface area contributed by atoms with Crippen molar-refractivity contribution in [2.45, 2.75) is 45.1 Å². The summed E-state index contributed by atoms with van der Waals surface area (Å²) < 4.78 is 5.24. The van der Waals surface area contributed by atoms with Crippen LogP contribution in [0.15, 0.2) is 24.3 Å². The van der Waals surface area contributed by atoms with Gasteiger partial charge in [-0.25, -0.2) is 0 Å². The van der Waals surface area contributed by atoms with Gasteiger partial charge in [-0.2, -0.15) is 0 Å². The summed E-state index contributed by atoms with van der Waals surface area (Å²) >= 11 is 0. The number of carbonyl (C=O) groups is 2. The molecule has 5 nitrogen and oxygen atoms in total. The van der Waals surface area contributed by atoms with Crippen LogP contribution in [0.2, 0.25) is 0 Å². The number of methoxy groups -OCH3 is 1. The van der Waals surface area contributed by atoms with Crippen molar-refractivity contribution in [3.05, 3.63) is 29.8 Å². The summed E-state index contributed by atoms with van der Waals surface area (Å²) in [7, 11) is 1.60. The fourth-order valence-corrected chi connectivity index (χ4v) is 2.24. The number of carboxylic acids is 1. The number of rotatable bonds is 9. The maximum absolute atomic E-state index is 11.9. The van der Waals surface area contributed by atoms with Crippen molar-refractivity contribution in [3.8, 4) is 5.75 Å². The van der Waals surface area contributed by atoms with E-state index in [-0.39, 0.29) is 18.4 Å². The van der Waals surface area contributed by atoms with E-state index in [1.165, 1.54) is 0 Å². The predicted octanol–water partition coefficient (Wildman–Crippen LogP) is 2.39. The largest absolute Gasteiger partial charge is 0.496 e. The molecular weight excluding hydrogens is 270 g/mol. The number of ether oxygens (including phenoxy) is 1. The molecule has 1 unspecified atom stereocenters. The van der Waals surface area contributed by atoms with E-state index in [9.17, 15) is 9.59 Å². The summed E-state index contributed by atoms with van der Waals surface area (Å²) in [6.07, 6.45) is 2.37. The van der Waals surface area contributed by atoms with Gasteiger partial charge in [0.1, 0.15) is 5.75 Å². The van der Waals surface area contributed by atoms with E-state index in [0.717, 1.165) is 17.7 Å². The van der Waals surface area contributed by atoms with Crippen LogP contribution < -0.4 is 10.1 Å². The van der Waals surface area contributed by atoms with E-state index < -0.39 is 5.97 Å². The van der Waals surface area contributed by atoms with Crippen molar-refractivity contribution in [2.24, 2.45) is 0 Å². The number of benzene rings is 1. The van der Waals surface area contributed by atoms with Gasteiger partial charge in [0.15, 0.2) is 0 Å². The minimum atomic E-state index is -0.890. The molecule has 0 aliphatic heterocycles. The zero-order chi connectivity index (χ0) is 15.7. The Hall–Kier alpha value is -2.04. The average Bonchev–Trinajstić information content (AvgIpc) is 2.45. The maximum atomic E-state index is 11.9. The van der Waals surface area contributed by atoms with Crippen LogP contribution in [-0.2, 0) is 16.0 Å². The highest BCUT2D eigenvalue weighted by molar-refractivity contribution is 5.77. The SMILES string of the molecule is CCCC(CC(=O)O)NC(=O)CCc1ccccc1OC. The molecule has 1 aromatic rings. The minimum absolute atomic E-state index is 0.0335. The first-order valence-corrected chi connectivity index (χ1v) is 7.19. The number of hydrogen-bond acceptors (Lipinski definition) is 3. The lowest BCUT2D eigenvalue weighted by Crippen LogP contribution is -2.36. The molecule has 0 fully saturated rings. The molecule has 0 spiro atoms. The number of aliphatic carboxylic acids is 1. The molecule has 1 rings (SSSR count). The molecule has 5 heteroatoms. The molecule has 1 amide bonds. The molecule has 1 aromatic carbocycles. The third-order valence-electron chi connectivity index (χ3n) is 3.24. The molecule has 1 atom stereocenters. The van der Waals surface area contributed by atoms with Crippen molar-refractivity contribution in [3.63, 3.8) is 0 Å². The first-order valence-electron chi connectivity index (χ1n) is 7.19. The monoisotopic (exact) mass is 293 g/mol. The topological polar surface area (TPSA) is 75.6 Å². The van der Waals surface area contributed by atoms with Crippen molar-refractivity contribution in [1.29, 1.82) is 0 Å². The summed E-state index contributed by atoms with van der Waals surface area (Å²) in [5, 5.41) is 11.6. The van der Waals surface area contributed by atoms with Crippen LogP contribution in [0.25, 0.3) is 0 Å². The highest BCUT2D eigenvalue weighted by Crippen LogP contribution is 2.18. The molecule has 2 N–H and O–H groups in total. The Kier molecular flexibility index (Phi) is 7.29. The van der Waals surface area contributed by atoms with Gasteiger partial charge >= 0.3 is 5.97 Å². The van der Waals surface area contributed by atoms with E-state index in [1.807, 2.05) is 31.2 Å². The van der Waals surface area contributed by atoms with Gasteiger partial charge < -0.3 is 15.2 Å². The fourth-order valence-electron chi connectivity index (χ4n) is 2.24. The minimum Gasteiger partial charge on any atom is -0.496 e. The maximum Gasteiger partial charge on any atom is 0.305 e. The van der Waals surface area contributed by atoms with Gasteiger partial charge in [-0.05, 0) is 24.5 Å². The van der Waals surface area contributed by atoms with E-state index in [4.69, 9.17) is 9.84 Å². The third-order valence-corrected chi connectivity index (χ3v) is 3.24. The van der Waals surface area contributed by atoms with Crippen LogP contribution in [0.5, 0.6) is 5.75 Å². The standard InChI is InChI=1S/C16H23NO4/c1-3-6-13(11-16(19)20)17-15(18)10-9-12-7-4-5-8-14(12)21-2/h4-5,7-8,13H,3,6,9-11H2,1-2H3,(H,17,18)(H,19,20). The van der Waals surface area contributed by atoms with Gasteiger partial charge in [0, 0.05) is 12.5 Å². The van der Waals surface area contributed by atoms with Gasteiger partial charge in [-0.15, -0.1) is 0 Å². The second-order valence-corrected chi connectivity index (χ2v) is 4.96. The molecule has 0 saturated heterocycles. The van der Waals surface area contributed by atoms with E-state index >= 15 is 0 Å². The molecule has 0 saturated carbocycles. The number of amides is 1. The summed E-state index contributed by atoms with van der Waals surface area (Å²) in [5.41, 5.74) is 0.973. The number of hydrogen-bond donors (Lipinski definition) is 2. The second kappa shape index (κ2) is 9.00. The predicted molar refractivity (Wildman–Crippen MR) is 80.4 cm³/mol. The van der Waals surface area contributed by atoms with Crippen LogP contribution in [0.4, 0.5) is 0 Å². The first-order chi connectivity index (χ1) is 10.1. The molecule has 0 heterocycles. The van der Waals surface area contributed by atoms with Gasteiger partial charge in [0.25, 0.3) is 0 Å². The quantitative estimate of drug-likeness (QED) is 0.733. The van der Waals surface area contributed by atoms with Gasteiger partial charge in [0.05, 0.1) is 13.5 Å². The smallest absolute Gasteiger partial charge is 0.305 e. The summed E-state index contributed by atoms with van der Waals surface area (Å²) in [6, 6.07) is 7.27. The summed E-state index contributed by atoms with van der Waals surface area (Å²) in [4.78, 5) is 22.7. The van der Waals surface area contributed by atoms with Crippen LogP contribution in [0, 0.1) is 0 Å². The number of carbonyl (C=O) groups excluding carboxylic acids is 1. The number of nitrogens with one attached hydrogen (secondary N) is 1. The van der Waals surface area contributed by atoms with Crippen LogP contribution in [-0.4, -0.2) is 30.1 Å². The lowest BCUT2D eigenvalue weighted by Gasteiger charge is -2.16. The molecule has 21 heavy (non-hydrogen) atoms. The van der Waals surface area contributed by atoms with Crippen molar-refractivity contribution >= 4 is 11.9 Å². The number of para-hydroxylation sites is 1. The molecule has 0 bridgehead atoms. The molecule has 0 radical (unpaired) electrons.